The second kappa shape index (κ2) is 5.89. The molecule has 1 fully saturated rings. The molecule has 2 rings (SSSR count). The quantitative estimate of drug-likeness (QED) is 0.770. The molecule has 1 saturated carbocycles. The Morgan fingerprint density at radius 2 is 2.41 bits per heavy atom. The average Bonchev–Trinajstić information content (AvgIpc) is 2.71. The maximum Gasteiger partial charge on any atom is 0.0640 e. The summed E-state index contributed by atoms with van der Waals surface area (Å²) in [6, 6.07) is 0. The van der Waals surface area contributed by atoms with Gasteiger partial charge in [-0.25, -0.2) is 0 Å². The third-order valence-corrected chi connectivity index (χ3v) is 4.91. The van der Waals surface area contributed by atoms with E-state index in [0.717, 1.165) is 13.1 Å². The zero-order valence-electron chi connectivity index (χ0n) is 10.4. The Labute approximate surface area is 107 Å². The normalized spacial score (nSPS) is 18.0. The number of hydrogen-bond donors (Lipinski definition) is 2. The Kier molecular flexibility index (Phi) is 4.48. The van der Waals surface area contributed by atoms with Crippen LogP contribution in [-0.2, 0) is 13.1 Å². The molecule has 1 aromatic heterocycles. The Morgan fingerprint density at radius 3 is 3.00 bits per heavy atom. The van der Waals surface area contributed by atoms with Crippen LogP contribution in [0, 0.1) is 0 Å². The molecular formula is C12H21N3OS. The van der Waals surface area contributed by atoms with Crippen LogP contribution >= 0.6 is 11.8 Å². The Morgan fingerprint density at radius 1 is 1.59 bits per heavy atom. The Hall–Kier alpha value is -0.520. The van der Waals surface area contributed by atoms with Crippen molar-refractivity contribution < 1.29 is 5.11 Å². The van der Waals surface area contributed by atoms with Gasteiger partial charge in [0.25, 0.3) is 0 Å². The summed E-state index contributed by atoms with van der Waals surface area (Å²) in [5, 5.41) is 16.5. The summed E-state index contributed by atoms with van der Waals surface area (Å²) in [6.07, 6.45) is 10.1. The lowest BCUT2D eigenvalue weighted by Crippen LogP contribution is -2.43. The first kappa shape index (κ1) is 12.9. The van der Waals surface area contributed by atoms with Crippen molar-refractivity contribution in [1.82, 2.24) is 15.1 Å². The van der Waals surface area contributed by atoms with E-state index in [1.807, 2.05) is 24.2 Å². The highest BCUT2D eigenvalue weighted by Crippen LogP contribution is 2.42. The van der Waals surface area contributed by atoms with Crippen LogP contribution in [0.1, 0.15) is 24.8 Å². The molecule has 96 valence electrons. The van der Waals surface area contributed by atoms with Crippen LogP contribution in [0.2, 0.25) is 0 Å². The molecule has 1 aliphatic carbocycles. The fourth-order valence-electron chi connectivity index (χ4n) is 2.18. The van der Waals surface area contributed by atoms with E-state index < -0.39 is 0 Å². The molecule has 2 N–H and O–H groups in total. The van der Waals surface area contributed by atoms with Crippen molar-refractivity contribution in [3.8, 4) is 0 Å². The summed E-state index contributed by atoms with van der Waals surface area (Å²) >= 11 is 1.99. The molecule has 0 atom stereocenters. The third-order valence-electron chi connectivity index (χ3n) is 3.49. The molecule has 0 bridgehead atoms. The Balaban J connectivity index is 1.73. The predicted molar refractivity (Wildman–Crippen MR) is 71.1 cm³/mol. The first-order valence-corrected chi connectivity index (χ1v) is 7.38. The van der Waals surface area contributed by atoms with Gasteiger partial charge in [0.2, 0.25) is 0 Å². The fraction of sp³-hybridized carbons (Fsp3) is 0.750. The van der Waals surface area contributed by atoms with Crippen molar-refractivity contribution in [1.29, 1.82) is 0 Å². The van der Waals surface area contributed by atoms with Gasteiger partial charge in [-0.3, -0.25) is 4.68 Å². The van der Waals surface area contributed by atoms with Gasteiger partial charge in [0, 0.05) is 29.6 Å². The van der Waals surface area contributed by atoms with Crippen molar-refractivity contribution in [3.05, 3.63) is 18.0 Å². The van der Waals surface area contributed by atoms with Gasteiger partial charge < -0.3 is 10.4 Å². The first-order chi connectivity index (χ1) is 8.28. The molecule has 1 heterocycles. The molecule has 1 aromatic rings. The van der Waals surface area contributed by atoms with E-state index in [-0.39, 0.29) is 6.61 Å². The van der Waals surface area contributed by atoms with Crippen molar-refractivity contribution in [2.24, 2.45) is 0 Å². The molecular weight excluding hydrogens is 234 g/mol. The Bertz CT molecular complexity index is 344. The van der Waals surface area contributed by atoms with Gasteiger partial charge in [-0.05, 0) is 19.1 Å². The number of thioether (sulfide) groups is 1. The van der Waals surface area contributed by atoms with Gasteiger partial charge in [-0.2, -0.15) is 16.9 Å². The van der Waals surface area contributed by atoms with Crippen molar-refractivity contribution >= 4 is 11.8 Å². The molecule has 0 unspecified atom stereocenters. The number of rotatable bonds is 7. The van der Waals surface area contributed by atoms with E-state index in [2.05, 4.69) is 16.7 Å². The fourth-order valence-corrected chi connectivity index (χ4v) is 3.12. The average molecular weight is 255 g/mol. The van der Waals surface area contributed by atoms with E-state index in [1.165, 1.54) is 24.8 Å². The highest BCUT2D eigenvalue weighted by Gasteiger charge is 2.35. The lowest BCUT2D eigenvalue weighted by atomic mass is 9.84. The maximum absolute atomic E-state index is 8.80. The topological polar surface area (TPSA) is 50.1 Å². The maximum atomic E-state index is 8.80. The summed E-state index contributed by atoms with van der Waals surface area (Å²) < 4.78 is 2.27. The van der Waals surface area contributed by atoms with Gasteiger partial charge in [-0.1, -0.05) is 6.42 Å². The van der Waals surface area contributed by atoms with Crippen molar-refractivity contribution in [2.75, 3.05) is 19.4 Å². The molecule has 0 amide bonds. The zero-order chi connectivity index (χ0) is 12.1. The van der Waals surface area contributed by atoms with Crippen LogP contribution in [-0.4, -0.2) is 39.0 Å². The van der Waals surface area contributed by atoms with Gasteiger partial charge in [0.15, 0.2) is 0 Å². The van der Waals surface area contributed by atoms with Gasteiger partial charge in [0.05, 0.1) is 19.3 Å². The SMILES string of the molecule is CSC1(CNCc2cnn(CCO)c2)CCC1. The van der Waals surface area contributed by atoms with E-state index in [9.17, 15) is 0 Å². The number of aliphatic hydroxyl groups excluding tert-OH is 1. The van der Waals surface area contributed by atoms with Gasteiger partial charge in [0.1, 0.15) is 0 Å². The second-order valence-corrected chi connectivity index (χ2v) is 5.95. The summed E-state index contributed by atoms with van der Waals surface area (Å²) in [6.45, 7) is 2.67. The van der Waals surface area contributed by atoms with Crippen LogP contribution in [0.4, 0.5) is 0 Å². The molecule has 0 radical (unpaired) electrons. The largest absolute Gasteiger partial charge is 0.394 e. The van der Waals surface area contributed by atoms with Crippen molar-refractivity contribution in [3.63, 3.8) is 0 Å². The minimum absolute atomic E-state index is 0.143. The van der Waals surface area contributed by atoms with Crippen LogP contribution in [0.15, 0.2) is 12.4 Å². The summed E-state index contributed by atoms with van der Waals surface area (Å²) in [4.78, 5) is 0. The molecule has 0 aliphatic heterocycles. The van der Waals surface area contributed by atoms with E-state index in [4.69, 9.17) is 5.11 Å². The number of nitrogens with one attached hydrogen (secondary N) is 1. The van der Waals surface area contributed by atoms with Crippen LogP contribution in [0.3, 0.4) is 0 Å². The number of hydrogen-bond acceptors (Lipinski definition) is 4. The monoisotopic (exact) mass is 255 g/mol. The summed E-state index contributed by atoms with van der Waals surface area (Å²) in [5.74, 6) is 0. The highest BCUT2D eigenvalue weighted by molar-refractivity contribution is 8.00. The predicted octanol–water partition coefficient (Wildman–Crippen LogP) is 1.25. The molecule has 0 spiro atoms. The van der Waals surface area contributed by atoms with Crippen LogP contribution < -0.4 is 5.32 Å². The third kappa shape index (κ3) is 3.24. The standard InChI is InChI=1S/C12H21N3OS/c1-17-12(3-2-4-12)10-13-7-11-8-14-15(9-11)5-6-16/h8-9,13,16H,2-7,10H2,1H3. The van der Waals surface area contributed by atoms with Crippen LogP contribution in [0.5, 0.6) is 0 Å². The molecule has 4 nitrogen and oxygen atoms in total. The molecule has 0 aromatic carbocycles. The smallest absolute Gasteiger partial charge is 0.0640 e. The minimum atomic E-state index is 0.143. The van der Waals surface area contributed by atoms with E-state index in [1.54, 1.807) is 4.68 Å². The summed E-state index contributed by atoms with van der Waals surface area (Å²) in [7, 11) is 0. The minimum Gasteiger partial charge on any atom is -0.394 e. The second-order valence-electron chi connectivity index (χ2n) is 4.68. The molecule has 17 heavy (non-hydrogen) atoms. The van der Waals surface area contributed by atoms with Gasteiger partial charge in [-0.15, -0.1) is 0 Å². The lowest BCUT2D eigenvalue weighted by molar-refractivity contribution is 0.269. The van der Waals surface area contributed by atoms with Crippen LogP contribution in [0.25, 0.3) is 0 Å². The molecule has 0 saturated heterocycles. The zero-order valence-corrected chi connectivity index (χ0v) is 11.2. The summed E-state index contributed by atoms with van der Waals surface area (Å²) in [5.41, 5.74) is 1.19. The van der Waals surface area contributed by atoms with Gasteiger partial charge >= 0.3 is 0 Å². The van der Waals surface area contributed by atoms with E-state index >= 15 is 0 Å². The highest BCUT2D eigenvalue weighted by atomic mass is 32.2. The first-order valence-electron chi connectivity index (χ1n) is 6.16. The molecule has 1 aliphatic rings. The number of nitrogens with zero attached hydrogens (tertiary/aromatic N) is 2. The lowest BCUT2D eigenvalue weighted by Gasteiger charge is -2.40. The number of aliphatic hydroxyl groups is 1. The number of aromatic nitrogens is 2. The molecule has 5 heteroatoms. The van der Waals surface area contributed by atoms with Crippen molar-refractivity contribution in [2.45, 2.75) is 37.1 Å². The van der Waals surface area contributed by atoms with E-state index in [0.29, 0.717) is 11.3 Å².